The number of fused-ring (bicyclic) bond motifs is 3. The van der Waals surface area contributed by atoms with E-state index in [1.54, 1.807) is 17.0 Å². The number of amides is 1. The fourth-order valence-corrected chi connectivity index (χ4v) is 5.51. The summed E-state index contributed by atoms with van der Waals surface area (Å²) in [6.07, 6.45) is 5.19. The van der Waals surface area contributed by atoms with Crippen molar-refractivity contribution in [3.05, 3.63) is 124 Å². The Morgan fingerprint density at radius 2 is 1.74 bits per heavy atom. The Morgan fingerprint density at radius 3 is 2.46 bits per heavy atom. The van der Waals surface area contributed by atoms with Crippen molar-refractivity contribution in [1.29, 1.82) is 0 Å². The first-order chi connectivity index (χ1) is 19.0. The van der Waals surface area contributed by atoms with E-state index in [0.717, 1.165) is 46.1 Å². The first-order valence-electron chi connectivity index (χ1n) is 12.7. The van der Waals surface area contributed by atoms with Gasteiger partial charge in [-0.15, -0.1) is 5.10 Å². The Morgan fingerprint density at radius 1 is 0.974 bits per heavy atom. The number of hydrogen-bond acceptors (Lipinski definition) is 5. The molecule has 0 radical (unpaired) electrons. The number of rotatable bonds is 7. The van der Waals surface area contributed by atoms with Gasteiger partial charge in [-0.05, 0) is 75.9 Å². The molecule has 8 nitrogen and oxygen atoms in total. The summed E-state index contributed by atoms with van der Waals surface area (Å²) in [6, 6.07) is 26.2. The topological polar surface area (TPSA) is 90.0 Å². The smallest absolute Gasteiger partial charge is 0.218 e. The maximum atomic E-state index is 12.8. The molecule has 1 N–H and O–H groups in total. The number of carbonyl (C=O) groups excluding carboxylic acids is 1. The van der Waals surface area contributed by atoms with Crippen molar-refractivity contribution in [2.75, 3.05) is 0 Å². The minimum atomic E-state index is -1.03. The molecular weight excluding hydrogens is 510 g/mol. The third-order valence-corrected chi connectivity index (χ3v) is 7.42. The molecule has 1 amide bonds. The van der Waals surface area contributed by atoms with Gasteiger partial charge in [-0.25, -0.2) is 4.98 Å². The lowest BCUT2D eigenvalue weighted by Gasteiger charge is -2.36. The average molecular weight is 536 g/mol. The van der Waals surface area contributed by atoms with Crippen LogP contribution in [0.5, 0.6) is 0 Å². The first kappa shape index (κ1) is 24.8. The molecule has 3 aromatic heterocycles. The van der Waals surface area contributed by atoms with Gasteiger partial charge in [0.2, 0.25) is 5.91 Å². The number of carbonyl (C=O) groups is 1. The van der Waals surface area contributed by atoms with Crippen LogP contribution in [0, 0.1) is 0 Å². The second-order valence-electron chi connectivity index (χ2n) is 9.66. The molecule has 1 atom stereocenters. The van der Waals surface area contributed by atoms with Crippen LogP contribution in [-0.2, 0) is 30.2 Å². The summed E-state index contributed by atoms with van der Waals surface area (Å²) in [5.74, 6) is -0.175. The van der Waals surface area contributed by atoms with Gasteiger partial charge in [0.15, 0.2) is 5.65 Å². The molecule has 6 aromatic rings. The molecule has 0 aliphatic carbocycles. The maximum absolute atomic E-state index is 12.8. The van der Waals surface area contributed by atoms with Crippen molar-refractivity contribution in [2.45, 2.75) is 25.3 Å². The van der Waals surface area contributed by atoms with E-state index in [4.69, 9.17) is 11.6 Å². The van der Waals surface area contributed by atoms with E-state index in [9.17, 15) is 4.79 Å². The molecule has 0 fully saturated rings. The third-order valence-electron chi connectivity index (χ3n) is 7.17. The number of nitrogens with one attached hydrogen (secondary N) is 1. The van der Waals surface area contributed by atoms with Gasteiger partial charge in [0.05, 0.1) is 23.7 Å². The highest BCUT2D eigenvalue weighted by atomic mass is 35.5. The van der Waals surface area contributed by atoms with Crippen molar-refractivity contribution in [3.63, 3.8) is 0 Å². The summed E-state index contributed by atoms with van der Waals surface area (Å²) < 4.78 is 3.67. The number of aryl methyl sites for hydroxylation is 3. The van der Waals surface area contributed by atoms with E-state index < -0.39 is 5.54 Å². The van der Waals surface area contributed by atoms with Gasteiger partial charge in [-0.2, -0.15) is 4.52 Å². The molecule has 39 heavy (non-hydrogen) atoms. The Bertz CT molecular complexity index is 1790. The van der Waals surface area contributed by atoms with Gasteiger partial charge in [-0.1, -0.05) is 60.1 Å². The van der Waals surface area contributed by atoms with Crippen LogP contribution in [0.15, 0.2) is 91.4 Å². The number of hydrogen-bond donors (Lipinski definition) is 1. The lowest BCUT2D eigenvalue weighted by molar-refractivity contribution is -0.120. The maximum Gasteiger partial charge on any atom is 0.218 e. The molecular formula is C30H26ClN7O. The zero-order valence-corrected chi connectivity index (χ0v) is 22.3. The molecule has 0 saturated heterocycles. The molecule has 0 aliphatic rings. The molecule has 6 rings (SSSR count). The quantitative estimate of drug-likeness (QED) is 0.315. The summed E-state index contributed by atoms with van der Waals surface area (Å²) in [7, 11) is 1.92. The van der Waals surface area contributed by atoms with Crippen LogP contribution < -0.4 is 5.32 Å². The van der Waals surface area contributed by atoms with Crippen molar-refractivity contribution < 1.29 is 4.79 Å². The summed E-state index contributed by atoms with van der Waals surface area (Å²) in [6.45, 7) is 1.53. The van der Waals surface area contributed by atoms with Crippen LogP contribution in [0.4, 0.5) is 0 Å². The summed E-state index contributed by atoms with van der Waals surface area (Å²) in [4.78, 5) is 17.2. The largest absolute Gasteiger partial charge is 0.337 e. The van der Waals surface area contributed by atoms with Crippen LogP contribution in [-0.4, -0.2) is 35.5 Å². The van der Waals surface area contributed by atoms with Crippen LogP contribution >= 0.6 is 11.6 Å². The van der Waals surface area contributed by atoms with Gasteiger partial charge in [0, 0.05) is 24.4 Å². The van der Waals surface area contributed by atoms with Gasteiger partial charge in [0.25, 0.3) is 0 Å². The standard InChI is InChI=1S/C30H26ClN7O/c1-20(39)33-30(28-18-32-19-37(28)2,23-10-13-25(31)14-11-23)24-12-15-27-26(17-24)22(16-29-34-35-36-38(27)29)9-8-21-6-4-3-5-7-21/h3-7,10-19H,8-9H2,1-2H3,(H,33,39). The number of pyridine rings is 1. The third kappa shape index (κ3) is 4.42. The molecule has 1 unspecified atom stereocenters. The van der Waals surface area contributed by atoms with E-state index >= 15 is 0 Å². The van der Waals surface area contributed by atoms with Crippen LogP contribution in [0.3, 0.4) is 0 Å². The number of tetrazole rings is 1. The minimum Gasteiger partial charge on any atom is -0.337 e. The Labute approximate surface area is 230 Å². The van der Waals surface area contributed by atoms with Crippen LogP contribution in [0.25, 0.3) is 16.6 Å². The zero-order valence-electron chi connectivity index (χ0n) is 21.5. The van der Waals surface area contributed by atoms with Crippen molar-refractivity contribution >= 4 is 34.1 Å². The predicted molar refractivity (Wildman–Crippen MR) is 150 cm³/mol. The SMILES string of the molecule is CC(=O)NC(c1ccc(Cl)cc1)(c1ccc2c(c1)c(CCc1ccccc1)cc1nnnn12)c1cncn1C. The lowest BCUT2D eigenvalue weighted by atomic mass is 9.79. The Balaban J connectivity index is 1.61. The van der Waals surface area contributed by atoms with E-state index in [0.29, 0.717) is 10.7 Å². The van der Waals surface area contributed by atoms with Gasteiger partial charge >= 0.3 is 0 Å². The molecule has 0 aliphatic heterocycles. The molecule has 3 aromatic carbocycles. The fraction of sp³-hybridized carbons (Fsp3) is 0.167. The normalized spacial score (nSPS) is 13.0. The highest BCUT2D eigenvalue weighted by molar-refractivity contribution is 6.30. The van der Waals surface area contributed by atoms with E-state index in [1.807, 2.05) is 60.1 Å². The Hall–Kier alpha value is -4.56. The molecule has 9 heteroatoms. The highest BCUT2D eigenvalue weighted by Crippen LogP contribution is 2.39. The Kier molecular flexibility index (Phi) is 6.32. The number of nitrogens with zero attached hydrogens (tertiary/aromatic N) is 6. The summed E-state index contributed by atoms with van der Waals surface area (Å²) in [5, 5.41) is 17.3. The summed E-state index contributed by atoms with van der Waals surface area (Å²) in [5.41, 5.74) is 5.48. The van der Waals surface area contributed by atoms with Gasteiger partial charge < -0.3 is 9.88 Å². The fourth-order valence-electron chi connectivity index (χ4n) is 5.38. The predicted octanol–water partition coefficient (Wildman–Crippen LogP) is 4.88. The van der Waals surface area contributed by atoms with Crippen molar-refractivity contribution in [2.24, 2.45) is 7.05 Å². The van der Waals surface area contributed by atoms with E-state index in [2.05, 4.69) is 56.2 Å². The lowest BCUT2D eigenvalue weighted by Crippen LogP contribution is -2.48. The minimum absolute atomic E-state index is 0.175. The van der Waals surface area contributed by atoms with Crippen LogP contribution in [0.2, 0.25) is 5.02 Å². The van der Waals surface area contributed by atoms with Crippen LogP contribution in [0.1, 0.15) is 34.9 Å². The molecule has 3 heterocycles. The highest BCUT2D eigenvalue weighted by Gasteiger charge is 2.40. The van der Waals surface area contributed by atoms with Gasteiger partial charge in [0.1, 0.15) is 5.54 Å². The average Bonchev–Trinajstić information content (AvgIpc) is 3.60. The number of aromatic nitrogens is 6. The molecule has 0 spiro atoms. The van der Waals surface area contributed by atoms with Gasteiger partial charge in [-0.3, -0.25) is 4.79 Å². The van der Waals surface area contributed by atoms with Crippen molar-refractivity contribution in [1.82, 2.24) is 34.9 Å². The van der Waals surface area contributed by atoms with E-state index in [1.165, 1.54) is 12.5 Å². The molecule has 194 valence electrons. The second-order valence-corrected chi connectivity index (χ2v) is 10.1. The second kappa shape index (κ2) is 9.96. The monoisotopic (exact) mass is 535 g/mol. The number of imidazole rings is 1. The number of benzene rings is 3. The van der Waals surface area contributed by atoms with E-state index in [-0.39, 0.29) is 5.91 Å². The zero-order chi connectivity index (χ0) is 27.0. The molecule has 0 saturated carbocycles. The number of halogens is 1. The first-order valence-corrected chi connectivity index (χ1v) is 13.0. The van der Waals surface area contributed by atoms with Crippen molar-refractivity contribution in [3.8, 4) is 0 Å². The molecule has 0 bridgehead atoms. The summed E-state index contributed by atoms with van der Waals surface area (Å²) >= 11 is 6.27.